The first-order chi connectivity index (χ1) is 8.84. The Balaban J connectivity index is 1.87. The molecule has 1 aromatic carbocycles. The van der Waals surface area contributed by atoms with Crippen LogP contribution in [0.3, 0.4) is 0 Å². The molecule has 1 atom stereocenters. The Morgan fingerprint density at radius 2 is 2.28 bits per heavy atom. The second kappa shape index (κ2) is 5.12. The van der Waals surface area contributed by atoms with E-state index in [1.54, 1.807) is 0 Å². The molecule has 0 saturated carbocycles. The molecule has 18 heavy (non-hydrogen) atoms. The maximum atomic E-state index is 5.38. The third-order valence-electron chi connectivity index (χ3n) is 3.05. The van der Waals surface area contributed by atoms with Crippen molar-refractivity contribution < 1.29 is 4.52 Å². The van der Waals surface area contributed by atoms with E-state index in [0.717, 1.165) is 29.2 Å². The van der Waals surface area contributed by atoms with Gasteiger partial charge in [-0.1, -0.05) is 29.4 Å². The number of nitrogens with zero attached hydrogens (tertiary/aromatic N) is 2. The summed E-state index contributed by atoms with van der Waals surface area (Å²) < 4.78 is 5.38. The molecule has 0 bridgehead atoms. The van der Waals surface area contributed by atoms with E-state index in [9.17, 15) is 0 Å². The van der Waals surface area contributed by atoms with E-state index in [-0.39, 0.29) is 6.04 Å². The van der Waals surface area contributed by atoms with E-state index in [1.165, 1.54) is 0 Å². The van der Waals surface area contributed by atoms with Gasteiger partial charge in [-0.05, 0) is 12.5 Å². The molecule has 0 aliphatic carbocycles. The van der Waals surface area contributed by atoms with Crippen molar-refractivity contribution in [3.05, 3.63) is 35.7 Å². The van der Waals surface area contributed by atoms with Gasteiger partial charge in [-0.15, -0.1) is 0 Å². The summed E-state index contributed by atoms with van der Waals surface area (Å²) >= 11 is 1.92. The highest BCUT2D eigenvalue weighted by molar-refractivity contribution is 7.99. The molecule has 1 N–H and O–H groups in total. The standard InChI is InChI=1S/C13H15N3OS/c1-9-4-2-3-5-10(9)12-15-13(17-16-12)11-8-18-7-6-14-11/h2-5,11,14H,6-8H2,1H3. The molecule has 1 saturated heterocycles. The smallest absolute Gasteiger partial charge is 0.244 e. The molecule has 0 spiro atoms. The van der Waals surface area contributed by atoms with E-state index in [0.29, 0.717) is 11.7 Å². The van der Waals surface area contributed by atoms with Crippen molar-refractivity contribution >= 4 is 11.8 Å². The summed E-state index contributed by atoms with van der Waals surface area (Å²) in [6.45, 7) is 3.05. The van der Waals surface area contributed by atoms with Gasteiger partial charge in [0, 0.05) is 23.6 Å². The highest BCUT2D eigenvalue weighted by Gasteiger charge is 2.21. The van der Waals surface area contributed by atoms with Crippen molar-refractivity contribution in [2.45, 2.75) is 13.0 Å². The Morgan fingerprint density at radius 3 is 3.06 bits per heavy atom. The van der Waals surface area contributed by atoms with Crippen molar-refractivity contribution in [3.8, 4) is 11.4 Å². The molecule has 0 radical (unpaired) electrons. The molecule has 1 unspecified atom stereocenters. The molecule has 94 valence electrons. The lowest BCUT2D eigenvalue weighted by atomic mass is 10.1. The van der Waals surface area contributed by atoms with Gasteiger partial charge < -0.3 is 9.84 Å². The van der Waals surface area contributed by atoms with Gasteiger partial charge in [0.2, 0.25) is 11.7 Å². The molecule has 2 heterocycles. The molecular weight excluding hydrogens is 246 g/mol. The summed E-state index contributed by atoms with van der Waals surface area (Å²) in [7, 11) is 0. The van der Waals surface area contributed by atoms with Crippen LogP contribution < -0.4 is 5.32 Å². The van der Waals surface area contributed by atoms with Crippen molar-refractivity contribution in [2.24, 2.45) is 0 Å². The number of rotatable bonds is 2. The average molecular weight is 261 g/mol. The fourth-order valence-electron chi connectivity index (χ4n) is 2.03. The molecule has 3 rings (SSSR count). The number of thioether (sulfide) groups is 1. The fourth-order valence-corrected chi connectivity index (χ4v) is 2.96. The van der Waals surface area contributed by atoms with E-state index < -0.39 is 0 Å². The van der Waals surface area contributed by atoms with E-state index in [4.69, 9.17) is 4.52 Å². The Morgan fingerprint density at radius 1 is 1.39 bits per heavy atom. The van der Waals surface area contributed by atoms with E-state index in [1.807, 2.05) is 30.0 Å². The van der Waals surface area contributed by atoms with Crippen LogP contribution in [0, 0.1) is 6.92 Å². The van der Waals surface area contributed by atoms with Crippen LogP contribution in [0.1, 0.15) is 17.5 Å². The van der Waals surface area contributed by atoms with Crippen LogP contribution in [0.4, 0.5) is 0 Å². The minimum absolute atomic E-state index is 0.189. The molecule has 1 fully saturated rings. The summed E-state index contributed by atoms with van der Waals surface area (Å²) in [6, 6.07) is 8.27. The molecule has 5 heteroatoms. The Hall–Kier alpha value is -1.33. The van der Waals surface area contributed by atoms with Crippen LogP contribution in [-0.2, 0) is 0 Å². The largest absolute Gasteiger partial charge is 0.337 e. The fraction of sp³-hybridized carbons (Fsp3) is 0.385. The second-order valence-corrected chi connectivity index (χ2v) is 5.50. The predicted molar refractivity (Wildman–Crippen MR) is 72.5 cm³/mol. The normalized spacial score (nSPS) is 19.9. The van der Waals surface area contributed by atoms with Gasteiger partial charge in [0.25, 0.3) is 0 Å². The maximum Gasteiger partial charge on any atom is 0.244 e. The van der Waals surface area contributed by atoms with Gasteiger partial charge in [0.1, 0.15) is 0 Å². The third kappa shape index (κ3) is 2.28. The highest BCUT2D eigenvalue weighted by atomic mass is 32.2. The molecule has 2 aromatic rings. The van der Waals surface area contributed by atoms with Gasteiger partial charge in [-0.25, -0.2) is 0 Å². The number of aromatic nitrogens is 2. The van der Waals surface area contributed by atoms with Gasteiger partial charge in [0.05, 0.1) is 6.04 Å². The number of hydrogen-bond donors (Lipinski definition) is 1. The number of hydrogen-bond acceptors (Lipinski definition) is 5. The maximum absolute atomic E-state index is 5.38. The summed E-state index contributed by atoms with van der Waals surface area (Å²) in [6.07, 6.45) is 0. The Bertz CT molecular complexity index is 535. The molecule has 1 aliphatic rings. The van der Waals surface area contributed by atoms with Gasteiger partial charge in [-0.3, -0.25) is 0 Å². The minimum atomic E-state index is 0.189. The quantitative estimate of drug-likeness (QED) is 0.899. The molecule has 0 amide bonds. The summed E-state index contributed by atoms with van der Waals surface area (Å²) in [4.78, 5) is 4.51. The third-order valence-corrected chi connectivity index (χ3v) is 4.11. The highest BCUT2D eigenvalue weighted by Crippen LogP contribution is 2.24. The van der Waals surface area contributed by atoms with E-state index >= 15 is 0 Å². The zero-order valence-corrected chi connectivity index (χ0v) is 11.0. The zero-order valence-electron chi connectivity index (χ0n) is 10.2. The zero-order chi connectivity index (χ0) is 12.4. The summed E-state index contributed by atoms with van der Waals surface area (Å²) in [5.41, 5.74) is 2.20. The number of aryl methyl sites for hydroxylation is 1. The second-order valence-electron chi connectivity index (χ2n) is 4.35. The minimum Gasteiger partial charge on any atom is -0.337 e. The molecule has 1 aliphatic heterocycles. The summed E-state index contributed by atoms with van der Waals surface area (Å²) in [5, 5.41) is 7.48. The first kappa shape index (κ1) is 11.7. The molecular formula is C13H15N3OS. The van der Waals surface area contributed by atoms with Crippen LogP contribution in [0.15, 0.2) is 28.8 Å². The van der Waals surface area contributed by atoms with Crippen LogP contribution in [0.5, 0.6) is 0 Å². The van der Waals surface area contributed by atoms with Crippen LogP contribution in [-0.4, -0.2) is 28.2 Å². The lowest BCUT2D eigenvalue weighted by Crippen LogP contribution is -2.30. The van der Waals surface area contributed by atoms with Crippen molar-refractivity contribution in [1.82, 2.24) is 15.5 Å². The van der Waals surface area contributed by atoms with Gasteiger partial charge in [-0.2, -0.15) is 16.7 Å². The molecule has 4 nitrogen and oxygen atoms in total. The Labute approximate surface area is 110 Å². The van der Waals surface area contributed by atoms with Crippen molar-refractivity contribution in [3.63, 3.8) is 0 Å². The summed E-state index contributed by atoms with van der Waals surface area (Å²) in [5.74, 6) is 3.52. The van der Waals surface area contributed by atoms with Gasteiger partial charge in [0.15, 0.2) is 0 Å². The lowest BCUT2D eigenvalue weighted by molar-refractivity contribution is 0.342. The van der Waals surface area contributed by atoms with Crippen LogP contribution in [0.2, 0.25) is 0 Å². The first-order valence-corrected chi connectivity index (χ1v) is 7.21. The van der Waals surface area contributed by atoms with Crippen molar-refractivity contribution in [2.75, 3.05) is 18.1 Å². The van der Waals surface area contributed by atoms with Gasteiger partial charge >= 0.3 is 0 Å². The van der Waals surface area contributed by atoms with Crippen LogP contribution >= 0.6 is 11.8 Å². The SMILES string of the molecule is Cc1ccccc1-c1noc(C2CSCCN2)n1. The monoisotopic (exact) mass is 261 g/mol. The van der Waals surface area contributed by atoms with Crippen molar-refractivity contribution in [1.29, 1.82) is 0 Å². The molecule has 1 aromatic heterocycles. The number of benzene rings is 1. The topological polar surface area (TPSA) is 51.0 Å². The lowest BCUT2D eigenvalue weighted by Gasteiger charge is -2.19. The first-order valence-electron chi connectivity index (χ1n) is 6.05. The van der Waals surface area contributed by atoms with Crippen LogP contribution in [0.25, 0.3) is 11.4 Å². The predicted octanol–water partition coefficient (Wildman–Crippen LogP) is 2.42. The van der Waals surface area contributed by atoms with E-state index in [2.05, 4.69) is 28.4 Å². The Kier molecular flexibility index (Phi) is 3.34. The number of nitrogens with one attached hydrogen (secondary N) is 1. The average Bonchev–Trinajstić information content (AvgIpc) is 2.90.